The number of aliphatic imine (C=N–C) groups is 1. The van der Waals surface area contributed by atoms with Crippen LogP contribution in [0.3, 0.4) is 0 Å². The summed E-state index contributed by atoms with van der Waals surface area (Å²) in [4.78, 5) is 30.0. The van der Waals surface area contributed by atoms with Crippen molar-refractivity contribution < 1.29 is 18.7 Å². The fourth-order valence-corrected chi connectivity index (χ4v) is 3.33. The van der Waals surface area contributed by atoms with Crippen molar-refractivity contribution in [3.63, 3.8) is 0 Å². The van der Waals surface area contributed by atoms with Crippen molar-refractivity contribution in [1.82, 2.24) is 10.6 Å². The molecule has 2 N–H and O–H groups in total. The lowest BCUT2D eigenvalue weighted by molar-refractivity contribution is -0.117. The molecule has 8 nitrogen and oxygen atoms in total. The van der Waals surface area contributed by atoms with E-state index in [1.54, 1.807) is 13.0 Å². The molecular weight excluding hydrogens is 511 g/mol. The van der Waals surface area contributed by atoms with E-state index >= 15 is 0 Å². The SMILES string of the molecule is CCNC(=NCc1ccc(N2CCCC2=O)cc1)NCc1cc(C(=O)OC)c(C)o1.I. The highest BCUT2D eigenvalue weighted by Gasteiger charge is 2.21. The van der Waals surface area contributed by atoms with E-state index in [9.17, 15) is 9.59 Å². The number of nitrogens with one attached hydrogen (secondary N) is 2. The van der Waals surface area contributed by atoms with Crippen molar-refractivity contribution >= 4 is 47.5 Å². The van der Waals surface area contributed by atoms with Gasteiger partial charge >= 0.3 is 5.97 Å². The Morgan fingerprint density at radius 1 is 1.26 bits per heavy atom. The minimum absolute atomic E-state index is 0. The fraction of sp³-hybridized carbons (Fsp3) is 0.409. The van der Waals surface area contributed by atoms with Gasteiger partial charge in [0.1, 0.15) is 17.1 Å². The highest BCUT2D eigenvalue weighted by molar-refractivity contribution is 14.0. The molecule has 1 aliphatic heterocycles. The molecule has 1 aromatic heterocycles. The molecular formula is C22H29IN4O4. The Bertz CT molecular complexity index is 924. The van der Waals surface area contributed by atoms with Gasteiger partial charge in [-0.3, -0.25) is 4.79 Å². The van der Waals surface area contributed by atoms with Crippen LogP contribution in [0.5, 0.6) is 0 Å². The molecule has 1 fully saturated rings. The summed E-state index contributed by atoms with van der Waals surface area (Å²) >= 11 is 0. The first-order valence-corrected chi connectivity index (χ1v) is 10.1. The van der Waals surface area contributed by atoms with Gasteiger partial charge < -0.3 is 24.7 Å². The molecule has 1 aliphatic rings. The van der Waals surface area contributed by atoms with Crippen LogP contribution in [0.2, 0.25) is 0 Å². The van der Waals surface area contributed by atoms with E-state index in [-0.39, 0.29) is 29.9 Å². The predicted octanol–water partition coefficient (Wildman–Crippen LogP) is 3.37. The van der Waals surface area contributed by atoms with Gasteiger partial charge in [0, 0.05) is 25.2 Å². The molecule has 31 heavy (non-hydrogen) atoms. The van der Waals surface area contributed by atoms with Gasteiger partial charge in [0.05, 0.1) is 20.2 Å². The lowest BCUT2D eigenvalue weighted by Crippen LogP contribution is -2.36. The van der Waals surface area contributed by atoms with Crippen LogP contribution in [0.1, 0.15) is 47.2 Å². The van der Waals surface area contributed by atoms with Crippen LogP contribution in [-0.4, -0.2) is 38.0 Å². The second kappa shape index (κ2) is 11.7. The molecule has 3 rings (SSSR count). The molecule has 2 aromatic rings. The van der Waals surface area contributed by atoms with Crippen LogP contribution in [0.4, 0.5) is 5.69 Å². The first-order chi connectivity index (χ1) is 14.5. The van der Waals surface area contributed by atoms with Crippen LogP contribution in [-0.2, 0) is 22.6 Å². The van der Waals surface area contributed by atoms with Crippen molar-refractivity contribution in [2.75, 3.05) is 25.1 Å². The standard InChI is InChI=1S/C22H28N4O4.HI/c1-4-23-22(25-14-18-12-19(15(2)30-18)21(28)29-3)24-13-16-7-9-17(10-8-16)26-11-5-6-20(26)27;/h7-10,12H,4-6,11,13-14H2,1-3H3,(H2,23,24,25);1H. The van der Waals surface area contributed by atoms with Crippen LogP contribution in [0.25, 0.3) is 0 Å². The summed E-state index contributed by atoms with van der Waals surface area (Å²) in [7, 11) is 1.35. The van der Waals surface area contributed by atoms with E-state index in [4.69, 9.17) is 9.15 Å². The lowest BCUT2D eigenvalue weighted by Gasteiger charge is -2.15. The zero-order valence-electron chi connectivity index (χ0n) is 18.1. The molecule has 0 spiro atoms. The van der Waals surface area contributed by atoms with Gasteiger partial charge in [-0.15, -0.1) is 24.0 Å². The van der Waals surface area contributed by atoms with E-state index in [0.29, 0.717) is 49.1 Å². The zero-order chi connectivity index (χ0) is 21.5. The maximum absolute atomic E-state index is 11.9. The van der Waals surface area contributed by atoms with Gasteiger partial charge in [-0.1, -0.05) is 12.1 Å². The number of nitrogens with zero attached hydrogens (tertiary/aromatic N) is 2. The number of halogens is 1. The molecule has 0 bridgehead atoms. The minimum Gasteiger partial charge on any atom is -0.465 e. The Labute approximate surface area is 199 Å². The number of benzene rings is 1. The quantitative estimate of drug-likeness (QED) is 0.242. The summed E-state index contributed by atoms with van der Waals surface area (Å²) in [6, 6.07) is 9.60. The van der Waals surface area contributed by atoms with Crippen molar-refractivity contribution in [2.24, 2.45) is 4.99 Å². The Kier molecular flexibility index (Phi) is 9.35. The third kappa shape index (κ3) is 6.46. The van der Waals surface area contributed by atoms with Gasteiger partial charge in [-0.2, -0.15) is 0 Å². The zero-order valence-corrected chi connectivity index (χ0v) is 20.4. The van der Waals surface area contributed by atoms with Crippen molar-refractivity contribution in [1.29, 1.82) is 0 Å². The molecule has 0 atom stereocenters. The van der Waals surface area contributed by atoms with Gasteiger partial charge in [-0.05, 0) is 44.0 Å². The third-order valence-electron chi connectivity index (χ3n) is 4.89. The first kappa shape index (κ1) is 24.7. The highest BCUT2D eigenvalue weighted by Crippen LogP contribution is 2.21. The largest absolute Gasteiger partial charge is 0.465 e. The molecule has 2 heterocycles. The molecule has 0 aliphatic carbocycles. The van der Waals surface area contributed by atoms with Gasteiger partial charge in [0.15, 0.2) is 5.96 Å². The number of aryl methyl sites for hydroxylation is 1. The fourth-order valence-electron chi connectivity index (χ4n) is 3.33. The first-order valence-electron chi connectivity index (χ1n) is 10.1. The van der Waals surface area contributed by atoms with Crippen molar-refractivity contribution in [3.8, 4) is 0 Å². The maximum atomic E-state index is 11.9. The van der Waals surface area contributed by atoms with E-state index in [1.165, 1.54) is 7.11 Å². The molecule has 9 heteroatoms. The average molecular weight is 540 g/mol. The van der Waals surface area contributed by atoms with Gasteiger partial charge in [-0.25, -0.2) is 9.79 Å². The number of carbonyl (C=O) groups is 2. The highest BCUT2D eigenvalue weighted by atomic mass is 127. The average Bonchev–Trinajstić information content (AvgIpc) is 3.35. The molecule has 0 saturated carbocycles. The van der Waals surface area contributed by atoms with Gasteiger partial charge in [0.25, 0.3) is 0 Å². The minimum atomic E-state index is -0.415. The molecule has 1 aromatic carbocycles. The Balaban J connectivity index is 0.00000341. The topological polar surface area (TPSA) is 96.2 Å². The van der Waals surface area contributed by atoms with E-state index in [1.807, 2.05) is 36.1 Å². The molecule has 168 valence electrons. The number of amides is 1. The normalized spacial score (nSPS) is 13.7. The summed E-state index contributed by atoms with van der Waals surface area (Å²) in [5.74, 6) is 1.56. The molecule has 0 radical (unpaired) electrons. The number of esters is 1. The van der Waals surface area contributed by atoms with Crippen LogP contribution < -0.4 is 15.5 Å². The number of rotatable bonds is 7. The van der Waals surface area contributed by atoms with Crippen molar-refractivity contribution in [2.45, 2.75) is 39.8 Å². The number of guanidine groups is 1. The summed E-state index contributed by atoms with van der Waals surface area (Å²) in [6.45, 7) is 6.11. The number of hydrogen-bond acceptors (Lipinski definition) is 5. The number of furan rings is 1. The van der Waals surface area contributed by atoms with Crippen LogP contribution in [0, 0.1) is 6.92 Å². The number of hydrogen-bond donors (Lipinski definition) is 2. The second-order valence-corrected chi connectivity index (χ2v) is 7.04. The third-order valence-corrected chi connectivity index (χ3v) is 4.89. The second-order valence-electron chi connectivity index (χ2n) is 7.04. The summed E-state index contributed by atoms with van der Waals surface area (Å²) in [5, 5.41) is 6.40. The number of ether oxygens (including phenoxy) is 1. The van der Waals surface area contributed by atoms with E-state index < -0.39 is 5.97 Å². The summed E-state index contributed by atoms with van der Waals surface area (Å²) in [6.07, 6.45) is 1.54. The number of methoxy groups -OCH3 is 1. The summed E-state index contributed by atoms with van der Waals surface area (Å²) in [5.41, 5.74) is 2.40. The Hall–Kier alpha value is -2.56. The molecule has 1 amide bonds. The Morgan fingerprint density at radius 2 is 2.00 bits per heavy atom. The number of carbonyl (C=O) groups excluding carboxylic acids is 2. The molecule has 0 unspecified atom stereocenters. The predicted molar refractivity (Wildman–Crippen MR) is 130 cm³/mol. The van der Waals surface area contributed by atoms with E-state index in [0.717, 1.165) is 24.2 Å². The lowest BCUT2D eigenvalue weighted by atomic mass is 10.2. The van der Waals surface area contributed by atoms with Gasteiger partial charge in [0.2, 0.25) is 5.91 Å². The van der Waals surface area contributed by atoms with Crippen LogP contribution in [0.15, 0.2) is 39.7 Å². The monoisotopic (exact) mass is 540 g/mol. The van der Waals surface area contributed by atoms with Crippen LogP contribution >= 0.6 is 24.0 Å². The smallest absolute Gasteiger partial charge is 0.341 e. The molecule has 1 saturated heterocycles. The van der Waals surface area contributed by atoms with Crippen molar-refractivity contribution in [3.05, 3.63) is 53.0 Å². The number of anilines is 1. The summed E-state index contributed by atoms with van der Waals surface area (Å²) < 4.78 is 10.4. The van der Waals surface area contributed by atoms with E-state index in [2.05, 4.69) is 15.6 Å². The maximum Gasteiger partial charge on any atom is 0.341 e. The Morgan fingerprint density at radius 3 is 2.61 bits per heavy atom.